The number of esters is 1. The zero-order chi connectivity index (χ0) is 19.6. The highest BCUT2D eigenvalue weighted by atomic mass is 35.5. The normalized spacial score (nSPS) is 13.0. The number of halogens is 1. The van der Waals surface area contributed by atoms with Crippen LogP contribution in [0.15, 0.2) is 30.3 Å². The van der Waals surface area contributed by atoms with Crippen LogP contribution in [0.5, 0.6) is 17.2 Å². The van der Waals surface area contributed by atoms with E-state index in [4.69, 9.17) is 30.5 Å². The van der Waals surface area contributed by atoms with Crippen LogP contribution in [0.2, 0.25) is 5.02 Å². The first kappa shape index (κ1) is 18.8. The summed E-state index contributed by atoms with van der Waals surface area (Å²) < 4.78 is 20.9. The number of methoxy groups -OCH3 is 1. The van der Waals surface area contributed by atoms with Gasteiger partial charge in [-0.1, -0.05) is 11.6 Å². The number of fused-ring (bicyclic) bond motifs is 1. The minimum atomic E-state index is -1.02. The van der Waals surface area contributed by atoms with Gasteiger partial charge in [-0.2, -0.15) is 0 Å². The van der Waals surface area contributed by atoms with Crippen molar-refractivity contribution >= 4 is 29.2 Å². The number of aryl methyl sites for hydroxylation is 1. The Morgan fingerprint density at radius 3 is 2.67 bits per heavy atom. The Morgan fingerprint density at radius 1 is 1.19 bits per heavy atom. The third kappa shape index (κ3) is 4.09. The number of rotatable bonds is 5. The van der Waals surface area contributed by atoms with Crippen molar-refractivity contribution in [3.05, 3.63) is 46.5 Å². The Morgan fingerprint density at radius 2 is 1.93 bits per heavy atom. The van der Waals surface area contributed by atoms with Crippen molar-refractivity contribution in [2.45, 2.75) is 20.0 Å². The Bertz CT molecular complexity index is 898. The molecule has 27 heavy (non-hydrogen) atoms. The number of nitrogens with one attached hydrogen (secondary N) is 1. The summed E-state index contributed by atoms with van der Waals surface area (Å²) in [5.41, 5.74) is 1.48. The van der Waals surface area contributed by atoms with Crippen molar-refractivity contribution in [1.29, 1.82) is 0 Å². The van der Waals surface area contributed by atoms with Gasteiger partial charge in [-0.25, -0.2) is 4.79 Å². The summed E-state index contributed by atoms with van der Waals surface area (Å²) in [7, 11) is 1.47. The highest BCUT2D eigenvalue weighted by molar-refractivity contribution is 6.31. The summed E-state index contributed by atoms with van der Waals surface area (Å²) in [4.78, 5) is 24.7. The molecule has 0 aliphatic carbocycles. The van der Waals surface area contributed by atoms with Crippen LogP contribution in [0.4, 0.5) is 5.69 Å². The van der Waals surface area contributed by atoms with E-state index in [2.05, 4.69) is 5.32 Å². The van der Waals surface area contributed by atoms with E-state index in [0.29, 0.717) is 28.0 Å². The minimum absolute atomic E-state index is 0.106. The third-order valence-corrected chi connectivity index (χ3v) is 4.41. The zero-order valence-electron chi connectivity index (χ0n) is 15.0. The smallest absolute Gasteiger partial charge is 0.339 e. The SMILES string of the molecule is COc1cc(Cl)c(C)cc1NC(=O)C(C)OC(=O)c1ccc2c(c1)OCO2. The molecule has 142 valence electrons. The molecule has 1 atom stereocenters. The molecule has 1 amide bonds. The summed E-state index contributed by atoms with van der Waals surface area (Å²) in [6.07, 6.45) is -1.02. The fourth-order valence-electron chi connectivity index (χ4n) is 2.47. The van der Waals surface area contributed by atoms with Crippen molar-refractivity contribution < 1.29 is 28.5 Å². The largest absolute Gasteiger partial charge is 0.495 e. The molecule has 8 heteroatoms. The van der Waals surface area contributed by atoms with Gasteiger partial charge in [0.05, 0.1) is 18.4 Å². The molecule has 2 aromatic carbocycles. The van der Waals surface area contributed by atoms with Crippen LogP contribution in [0, 0.1) is 6.92 Å². The van der Waals surface area contributed by atoms with Crippen LogP contribution >= 0.6 is 11.6 Å². The molecule has 3 rings (SSSR count). The molecular weight excluding hydrogens is 374 g/mol. The second-order valence-corrected chi connectivity index (χ2v) is 6.31. The van der Waals surface area contributed by atoms with E-state index >= 15 is 0 Å². The summed E-state index contributed by atoms with van der Waals surface area (Å²) in [6, 6.07) is 7.97. The van der Waals surface area contributed by atoms with E-state index in [0.717, 1.165) is 5.56 Å². The molecule has 7 nitrogen and oxygen atoms in total. The topological polar surface area (TPSA) is 83.1 Å². The van der Waals surface area contributed by atoms with Gasteiger partial charge >= 0.3 is 5.97 Å². The van der Waals surface area contributed by atoms with Gasteiger partial charge in [-0.3, -0.25) is 4.79 Å². The predicted octanol–water partition coefficient (Wildman–Crippen LogP) is 3.57. The number of carbonyl (C=O) groups is 2. The van der Waals surface area contributed by atoms with E-state index in [1.165, 1.54) is 20.1 Å². The Hall–Kier alpha value is -2.93. The number of amides is 1. The van der Waals surface area contributed by atoms with Crippen molar-refractivity contribution in [1.82, 2.24) is 0 Å². The van der Waals surface area contributed by atoms with Gasteiger partial charge in [0.15, 0.2) is 17.6 Å². The first-order valence-corrected chi connectivity index (χ1v) is 8.52. The van der Waals surface area contributed by atoms with Crippen LogP contribution in [-0.2, 0) is 9.53 Å². The van der Waals surface area contributed by atoms with Crippen molar-refractivity contribution in [2.24, 2.45) is 0 Å². The lowest BCUT2D eigenvalue weighted by Crippen LogP contribution is -2.30. The number of anilines is 1. The fourth-order valence-corrected chi connectivity index (χ4v) is 2.62. The average molecular weight is 392 g/mol. The van der Waals surface area contributed by atoms with Gasteiger partial charge in [0.25, 0.3) is 5.91 Å². The molecule has 0 fully saturated rings. The van der Waals surface area contributed by atoms with Crippen LogP contribution < -0.4 is 19.5 Å². The monoisotopic (exact) mass is 391 g/mol. The predicted molar refractivity (Wildman–Crippen MR) is 98.8 cm³/mol. The Balaban J connectivity index is 1.67. The molecule has 1 unspecified atom stereocenters. The van der Waals surface area contributed by atoms with E-state index in [1.807, 2.05) is 0 Å². The fraction of sp³-hybridized carbons (Fsp3) is 0.263. The molecule has 0 spiro atoms. The molecule has 1 aliphatic heterocycles. The van der Waals surface area contributed by atoms with Gasteiger partial charge in [0, 0.05) is 11.1 Å². The molecule has 0 radical (unpaired) electrons. The van der Waals surface area contributed by atoms with Crippen molar-refractivity contribution in [3.63, 3.8) is 0 Å². The van der Waals surface area contributed by atoms with Gasteiger partial charge in [0.2, 0.25) is 6.79 Å². The molecule has 1 N–H and O–H groups in total. The van der Waals surface area contributed by atoms with Gasteiger partial charge < -0.3 is 24.3 Å². The average Bonchev–Trinajstić information content (AvgIpc) is 3.12. The van der Waals surface area contributed by atoms with Crippen LogP contribution in [0.1, 0.15) is 22.8 Å². The summed E-state index contributed by atoms with van der Waals surface area (Å²) in [5.74, 6) is 0.290. The zero-order valence-corrected chi connectivity index (χ0v) is 15.8. The quantitative estimate of drug-likeness (QED) is 0.784. The van der Waals surface area contributed by atoms with Crippen molar-refractivity contribution in [3.8, 4) is 17.2 Å². The minimum Gasteiger partial charge on any atom is -0.495 e. The molecule has 1 aliphatic rings. The lowest BCUT2D eigenvalue weighted by atomic mass is 10.2. The molecule has 2 aromatic rings. The van der Waals surface area contributed by atoms with Crippen molar-refractivity contribution in [2.75, 3.05) is 19.2 Å². The Kier molecular flexibility index (Phi) is 5.41. The summed E-state index contributed by atoms with van der Waals surface area (Å²) >= 11 is 6.06. The van der Waals surface area contributed by atoms with E-state index in [-0.39, 0.29) is 12.4 Å². The third-order valence-electron chi connectivity index (χ3n) is 4.00. The Labute approximate surface area is 161 Å². The van der Waals surface area contributed by atoms with E-state index in [1.54, 1.807) is 31.2 Å². The maximum Gasteiger partial charge on any atom is 0.339 e. The lowest BCUT2D eigenvalue weighted by molar-refractivity contribution is -0.123. The number of ether oxygens (including phenoxy) is 4. The maximum absolute atomic E-state index is 12.4. The summed E-state index contributed by atoms with van der Waals surface area (Å²) in [5, 5.41) is 3.20. The van der Waals surface area contributed by atoms with E-state index in [9.17, 15) is 9.59 Å². The number of hydrogen-bond acceptors (Lipinski definition) is 6. The van der Waals surface area contributed by atoms with Crippen LogP contribution in [0.3, 0.4) is 0 Å². The molecule has 0 saturated heterocycles. The molecule has 0 aromatic heterocycles. The van der Waals surface area contributed by atoms with E-state index < -0.39 is 18.0 Å². The van der Waals surface area contributed by atoms with Crippen LogP contribution in [0.25, 0.3) is 0 Å². The standard InChI is InChI=1S/C19H18ClNO6/c1-10-6-14(16(24-3)8-13(10)20)21-18(22)11(2)27-19(23)12-4-5-15-17(7-12)26-9-25-15/h4-8,11H,9H2,1-3H3,(H,21,22). The second kappa shape index (κ2) is 7.75. The van der Waals surface area contributed by atoms with Gasteiger partial charge in [-0.15, -0.1) is 0 Å². The molecule has 0 saturated carbocycles. The molecule has 0 bridgehead atoms. The van der Waals surface area contributed by atoms with Crippen LogP contribution in [-0.4, -0.2) is 31.9 Å². The number of hydrogen-bond donors (Lipinski definition) is 1. The first-order valence-electron chi connectivity index (χ1n) is 8.14. The number of carbonyl (C=O) groups excluding carboxylic acids is 2. The van der Waals surface area contributed by atoms with Gasteiger partial charge in [0.1, 0.15) is 5.75 Å². The highest BCUT2D eigenvalue weighted by Crippen LogP contribution is 2.33. The molecular formula is C19H18ClNO6. The summed E-state index contributed by atoms with van der Waals surface area (Å²) in [6.45, 7) is 3.39. The lowest BCUT2D eigenvalue weighted by Gasteiger charge is -2.16. The molecule has 1 heterocycles. The number of benzene rings is 2. The first-order chi connectivity index (χ1) is 12.9. The maximum atomic E-state index is 12.4. The van der Waals surface area contributed by atoms with Gasteiger partial charge in [-0.05, 0) is 43.7 Å². The highest BCUT2D eigenvalue weighted by Gasteiger charge is 2.22. The second-order valence-electron chi connectivity index (χ2n) is 5.91.